The van der Waals surface area contributed by atoms with Crippen molar-refractivity contribution in [2.75, 3.05) is 47.5 Å². The minimum Gasteiger partial charge on any atom is -0.493 e. The van der Waals surface area contributed by atoms with Gasteiger partial charge in [-0.25, -0.2) is 0 Å². The van der Waals surface area contributed by atoms with Gasteiger partial charge < -0.3 is 24.4 Å². The lowest BCUT2D eigenvalue weighted by molar-refractivity contribution is 0.0943. The lowest BCUT2D eigenvalue weighted by Gasteiger charge is -2.17. The van der Waals surface area contributed by atoms with Crippen molar-refractivity contribution in [3.8, 4) is 17.2 Å². The normalized spacial score (nSPS) is 16.4. The number of benzene rings is 2. The molecule has 1 aliphatic rings. The topological polar surface area (TPSA) is 60.0 Å². The summed E-state index contributed by atoms with van der Waals surface area (Å²) in [7, 11) is 4.61. The quantitative estimate of drug-likeness (QED) is 0.704. The summed E-state index contributed by atoms with van der Waals surface area (Å²) in [6, 6.07) is 14.0. The third-order valence-corrected chi connectivity index (χ3v) is 5.43. The second kappa shape index (κ2) is 10.2. The van der Waals surface area contributed by atoms with Gasteiger partial charge >= 0.3 is 0 Å². The van der Waals surface area contributed by atoms with Crippen LogP contribution in [0.2, 0.25) is 0 Å². The van der Waals surface area contributed by atoms with Crippen LogP contribution in [0, 0.1) is 5.92 Å². The zero-order chi connectivity index (χ0) is 20.6. The predicted molar refractivity (Wildman–Crippen MR) is 113 cm³/mol. The van der Waals surface area contributed by atoms with Crippen LogP contribution in [0.4, 0.5) is 0 Å². The van der Waals surface area contributed by atoms with Gasteiger partial charge in [-0.15, -0.1) is 0 Å². The summed E-state index contributed by atoms with van der Waals surface area (Å²) < 4.78 is 16.1. The molecule has 1 fully saturated rings. The number of amides is 1. The Morgan fingerprint density at radius 3 is 2.48 bits per heavy atom. The van der Waals surface area contributed by atoms with Crippen molar-refractivity contribution in [1.82, 2.24) is 10.2 Å². The summed E-state index contributed by atoms with van der Waals surface area (Å²) in [5, 5.41) is 3.06. The van der Waals surface area contributed by atoms with Gasteiger partial charge in [-0.3, -0.25) is 4.79 Å². The Hall–Kier alpha value is -2.73. The number of likely N-dealkylation sites (tertiary alicyclic amines) is 1. The first-order valence-corrected chi connectivity index (χ1v) is 9.99. The van der Waals surface area contributed by atoms with E-state index in [0.29, 0.717) is 35.3 Å². The number of hydrogen-bond acceptors (Lipinski definition) is 5. The minimum atomic E-state index is -0.162. The van der Waals surface area contributed by atoms with E-state index >= 15 is 0 Å². The van der Waals surface area contributed by atoms with Gasteiger partial charge in [0.1, 0.15) is 0 Å². The maximum Gasteiger partial charge on any atom is 0.255 e. The molecule has 1 atom stereocenters. The zero-order valence-electron chi connectivity index (χ0n) is 17.4. The third-order valence-electron chi connectivity index (χ3n) is 5.43. The van der Waals surface area contributed by atoms with Crippen LogP contribution in [0.25, 0.3) is 0 Å². The summed E-state index contributed by atoms with van der Waals surface area (Å²) in [6.45, 7) is 3.79. The number of nitrogens with one attached hydrogen (secondary N) is 1. The molecule has 2 aromatic carbocycles. The highest BCUT2D eigenvalue weighted by Gasteiger charge is 2.24. The van der Waals surface area contributed by atoms with Gasteiger partial charge in [0, 0.05) is 19.6 Å². The maximum atomic E-state index is 12.7. The molecule has 156 valence electrons. The number of nitrogens with zero attached hydrogens (tertiary/aromatic N) is 1. The molecule has 6 nitrogen and oxygen atoms in total. The first-order valence-electron chi connectivity index (χ1n) is 9.99. The SMILES string of the molecule is COc1ccc(C(=O)NCC2CCN(CCc3ccccc3)C2)c(OC)c1OC. The number of carbonyl (C=O) groups is 1. The maximum absolute atomic E-state index is 12.7. The third kappa shape index (κ3) is 5.21. The smallest absolute Gasteiger partial charge is 0.255 e. The van der Waals surface area contributed by atoms with Crippen LogP contribution in [0.3, 0.4) is 0 Å². The van der Waals surface area contributed by atoms with Crippen LogP contribution >= 0.6 is 0 Å². The van der Waals surface area contributed by atoms with E-state index in [4.69, 9.17) is 14.2 Å². The average Bonchev–Trinajstić information content (AvgIpc) is 3.23. The molecule has 1 N–H and O–H groups in total. The lowest BCUT2D eigenvalue weighted by atomic mass is 10.1. The van der Waals surface area contributed by atoms with Crippen molar-refractivity contribution in [3.63, 3.8) is 0 Å². The second-order valence-electron chi connectivity index (χ2n) is 7.28. The van der Waals surface area contributed by atoms with Crippen LogP contribution in [0.1, 0.15) is 22.3 Å². The molecule has 3 rings (SSSR count). The fourth-order valence-electron chi connectivity index (χ4n) is 3.83. The van der Waals surface area contributed by atoms with E-state index < -0.39 is 0 Å². The summed E-state index contributed by atoms with van der Waals surface area (Å²) in [5.41, 5.74) is 1.81. The van der Waals surface area contributed by atoms with E-state index in [0.717, 1.165) is 32.5 Å². The van der Waals surface area contributed by atoms with Crippen LogP contribution in [0.15, 0.2) is 42.5 Å². The molecule has 0 aliphatic carbocycles. The van der Waals surface area contributed by atoms with Crippen LogP contribution < -0.4 is 19.5 Å². The number of carbonyl (C=O) groups excluding carboxylic acids is 1. The molecule has 0 bridgehead atoms. The molecule has 1 aliphatic heterocycles. The number of ether oxygens (including phenoxy) is 3. The van der Waals surface area contributed by atoms with Crippen LogP contribution in [-0.2, 0) is 6.42 Å². The van der Waals surface area contributed by atoms with Gasteiger partial charge in [-0.1, -0.05) is 30.3 Å². The van der Waals surface area contributed by atoms with Crippen molar-refractivity contribution in [2.24, 2.45) is 5.92 Å². The average molecular weight is 399 g/mol. The molecule has 1 amide bonds. The molecule has 2 aromatic rings. The molecule has 0 saturated carbocycles. The van der Waals surface area contributed by atoms with Gasteiger partial charge in [-0.05, 0) is 43.0 Å². The monoisotopic (exact) mass is 398 g/mol. The van der Waals surface area contributed by atoms with Gasteiger partial charge in [0.2, 0.25) is 5.75 Å². The zero-order valence-corrected chi connectivity index (χ0v) is 17.4. The van der Waals surface area contributed by atoms with Crippen molar-refractivity contribution in [1.29, 1.82) is 0 Å². The van der Waals surface area contributed by atoms with Crippen molar-refractivity contribution in [3.05, 3.63) is 53.6 Å². The molecule has 0 aromatic heterocycles. The van der Waals surface area contributed by atoms with Gasteiger partial charge in [0.25, 0.3) is 5.91 Å². The molecule has 1 heterocycles. The molecule has 6 heteroatoms. The summed E-state index contributed by atoms with van der Waals surface area (Å²) in [4.78, 5) is 15.2. The van der Waals surface area contributed by atoms with E-state index in [2.05, 4.69) is 34.5 Å². The summed E-state index contributed by atoms with van der Waals surface area (Å²) in [6.07, 6.45) is 2.15. The lowest BCUT2D eigenvalue weighted by Crippen LogP contribution is -2.31. The van der Waals surface area contributed by atoms with E-state index in [1.807, 2.05) is 6.07 Å². The van der Waals surface area contributed by atoms with Crippen molar-refractivity contribution in [2.45, 2.75) is 12.8 Å². The van der Waals surface area contributed by atoms with E-state index in [-0.39, 0.29) is 5.91 Å². The fourth-order valence-corrected chi connectivity index (χ4v) is 3.83. The Morgan fingerprint density at radius 2 is 1.79 bits per heavy atom. The fraction of sp³-hybridized carbons (Fsp3) is 0.435. The Kier molecular flexibility index (Phi) is 7.36. The van der Waals surface area contributed by atoms with Gasteiger partial charge in [-0.2, -0.15) is 0 Å². The van der Waals surface area contributed by atoms with Gasteiger partial charge in [0.15, 0.2) is 11.5 Å². The number of rotatable bonds is 9. The highest BCUT2D eigenvalue weighted by atomic mass is 16.5. The van der Waals surface area contributed by atoms with Gasteiger partial charge in [0.05, 0.1) is 26.9 Å². The Balaban J connectivity index is 1.52. The summed E-state index contributed by atoms with van der Waals surface area (Å²) in [5.74, 6) is 1.65. The highest BCUT2D eigenvalue weighted by molar-refractivity contribution is 5.98. The van der Waals surface area contributed by atoms with E-state index in [1.54, 1.807) is 19.2 Å². The van der Waals surface area contributed by atoms with Crippen molar-refractivity contribution >= 4 is 5.91 Å². The summed E-state index contributed by atoms with van der Waals surface area (Å²) >= 11 is 0. The number of methoxy groups -OCH3 is 3. The molecule has 29 heavy (non-hydrogen) atoms. The first-order chi connectivity index (χ1) is 14.2. The van der Waals surface area contributed by atoms with Crippen LogP contribution in [0.5, 0.6) is 17.2 Å². The van der Waals surface area contributed by atoms with Crippen LogP contribution in [-0.4, -0.2) is 58.3 Å². The molecular formula is C23H30N2O4. The standard InChI is InChI=1S/C23H30N2O4/c1-27-20-10-9-19(21(28-2)22(20)29-3)23(26)24-15-18-12-14-25(16-18)13-11-17-7-5-4-6-8-17/h4-10,18H,11-16H2,1-3H3,(H,24,26). The largest absolute Gasteiger partial charge is 0.493 e. The molecular weight excluding hydrogens is 368 g/mol. The minimum absolute atomic E-state index is 0.162. The Labute approximate surface area is 172 Å². The Bertz CT molecular complexity index is 810. The second-order valence-corrected chi connectivity index (χ2v) is 7.28. The molecule has 1 unspecified atom stereocenters. The van der Waals surface area contributed by atoms with E-state index in [1.165, 1.54) is 19.8 Å². The van der Waals surface area contributed by atoms with Crippen molar-refractivity contribution < 1.29 is 19.0 Å². The van der Waals surface area contributed by atoms with E-state index in [9.17, 15) is 4.79 Å². The highest BCUT2D eigenvalue weighted by Crippen LogP contribution is 2.39. The predicted octanol–water partition coefficient (Wildman–Crippen LogP) is 3.01. The Morgan fingerprint density at radius 1 is 1.03 bits per heavy atom. The molecule has 0 spiro atoms. The first kappa shape index (κ1) is 21.0. The molecule has 0 radical (unpaired) electrons. The number of hydrogen-bond donors (Lipinski definition) is 1. The molecule has 1 saturated heterocycles.